The van der Waals surface area contributed by atoms with E-state index in [1.165, 1.54) is 0 Å². The van der Waals surface area contributed by atoms with Crippen LogP contribution in [0.5, 0.6) is 0 Å². The second-order valence-corrected chi connectivity index (χ2v) is 7.69. The Morgan fingerprint density at radius 2 is 1.55 bits per heavy atom. The Morgan fingerprint density at radius 1 is 1.05 bits per heavy atom. The molecule has 7 nitrogen and oxygen atoms in total. The van der Waals surface area contributed by atoms with Crippen molar-refractivity contribution in [2.45, 2.75) is 84.2 Å². The predicted octanol–water partition coefficient (Wildman–Crippen LogP) is 3.18. The molecule has 1 N–H and O–H groups in total. The summed E-state index contributed by atoms with van der Waals surface area (Å²) in [7, 11) is 0. The molecular weight excluding hydrogens is 286 g/mol. The molecule has 1 amide bonds. The zero-order valence-electron chi connectivity index (χ0n) is 14.5. The molecule has 0 fully saturated rings. The van der Waals surface area contributed by atoms with Crippen LogP contribution in [0.4, 0.5) is 4.79 Å². The highest BCUT2D eigenvalue weighted by Crippen LogP contribution is 2.32. The monoisotopic (exact) mass is 313 g/mol. The Bertz CT molecular complexity index is 454. The number of hydrogen-bond donors (Lipinski definition) is 1. The van der Waals surface area contributed by atoms with Gasteiger partial charge in [-0.2, -0.15) is 10.2 Å². The van der Waals surface area contributed by atoms with Crippen molar-refractivity contribution in [1.82, 2.24) is 5.32 Å². The fraction of sp³-hybridized carbons (Fsp3) is 0.867. The van der Waals surface area contributed by atoms with Gasteiger partial charge in [0, 0.05) is 0 Å². The van der Waals surface area contributed by atoms with E-state index in [-0.39, 0.29) is 0 Å². The van der Waals surface area contributed by atoms with Crippen LogP contribution in [0.1, 0.15) is 61.3 Å². The van der Waals surface area contributed by atoms with Gasteiger partial charge in [-0.25, -0.2) is 9.59 Å². The average molecular weight is 313 g/mol. The first-order valence-electron chi connectivity index (χ1n) is 7.46. The van der Waals surface area contributed by atoms with Crippen molar-refractivity contribution >= 4 is 12.1 Å². The van der Waals surface area contributed by atoms with Gasteiger partial charge >= 0.3 is 12.1 Å². The molecule has 0 aromatic rings. The SMILES string of the molecule is CC1(CCC(NC(=O)OC(C)(C)C)C(=O)OC(C)(C)C)N=N1. The highest BCUT2D eigenvalue weighted by Gasteiger charge is 2.37. The Balaban J connectivity index is 2.64. The van der Waals surface area contributed by atoms with Crippen molar-refractivity contribution in [2.75, 3.05) is 0 Å². The number of nitrogens with zero attached hydrogens (tertiary/aromatic N) is 2. The Kier molecular flexibility index (Phi) is 5.20. The molecular formula is C15H27N3O4. The number of hydrogen-bond acceptors (Lipinski definition) is 6. The van der Waals surface area contributed by atoms with Gasteiger partial charge in [-0.05, 0) is 61.3 Å². The number of esters is 1. The topological polar surface area (TPSA) is 89.3 Å². The molecule has 0 aliphatic carbocycles. The van der Waals surface area contributed by atoms with Crippen LogP contribution in [0.15, 0.2) is 10.2 Å². The molecule has 0 aromatic carbocycles. The maximum atomic E-state index is 12.2. The maximum Gasteiger partial charge on any atom is 0.408 e. The molecule has 1 aliphatic rings. The van der Waals surface area contributed by atoms with Gasteiger partial charge in [0.15, 0.2) is 5.66 Å². The molecule has 0 spiro atoms. The van der Waals surface area contributed by atoms with Crippen LogP contribution in [-0.2, 0) is 14.3 Å². The number of amides is 1. The molecule has 1 atom stereocenters. The van der Waals surface area contributed by atoms with Crippen LogP contribution in [-0.4, -0.2) is 35.0 Å². The van der Waals surface area contributed by atoms with E-state index in [0.29, 0.717) is 12.8 Å². The van der Waals surface area contributed by atoms with Gasteiger partial charge in [0.05, 0.1) is 0 Å². The molecule has 0 bridgehead atoms. The summed E-state index contributed by atoms with van der Waals surface area (Å²) in [5, 5.41) is 10.4. The van der Waals surface area contributed by atoms with Crippen LogP contribution < -0.4 is 5.32 Å². The zero-order chi connectivity index (χ0) is 17.2. The summed E-state index contributed by atoms with van der Waals surface area (Å²) >= 11 is 0. The lowest BCUT2D eigenvalue weighted by atomic mass is 10.0. The van der Waals surface area contributed by atoms with Gasteiger partial charge in [-0.15, -0.1) is 0 Å². The van der Waals surface area contributed by atoms with Crippen molar-refractivity contribution in [2.24, 2.45) is 10.2 Å². The van der Waals surface area contributed by atoms with Gasteiger partial charge in [0.1, 0.15) is 17.2 Å². The summed E-state index contributed by atoms with van der Waals surface area (Å²) in [6.07, 6.45) is 0.308. The Morgan fingerprint density at radius 3 is 1.95 bits per heavy atom. The van der Waals surface area contributed by atoms with E-state index in [1.54, 1.807) is 41.5 Å². The molecule has 1 rings (SSSR count). The summed E-state index contributed by atoms with van der Waals surface area (Å²) in [5.41, 5.74) is -1.69. The quantitative estimate of drug-likeness (QED) is 0.789. The van der Waals surface area contributed by atoms with E-state index in [9.17, 15) is 9.59 Å². The summed E-state index contributed by atoms with van der Waals surface area (Å²) < 4.78 is 10.5. The minimum Gasteiger partial charge on any atom is -0.458 e. The number of carbonyl (C=O) groups excluding carboxylic acids is 2. The highest BCUT2D eigenvalue weighted by atomic mass is 16.6. The minimum atomic E-state index is -0.781. The number of ether oxygens (including phenoxy) is 2. The number of nitrogens with one attached hydrogen (secondary N) is 1. The summed E-state index contributed by atoms with van der Waals surface area (Å²) in [4.78, 5) is 24.1. The van der Waals surface area contributed by atoms with Crippen molar-refractivity contribution in [3.8, 4) is 0 Å². The summed E-state index contributed by atoms with van der Waals surface area (Å²) in [6.45, 7) is 12.5. The third kappa shape index (κ3) is 7.38. The molecule has 0 radical (unpaired) electrons. The van der Waals surface area contributed by atoms with E-state index in [1.807, 2.05) is 6.92 Å². The molecule has 126 valence electrons. The molecule has 1 unspecified atom stereocenters. The normalized spacial score (nSPS) is 17.6. The summed E-state index contributed by atoms with van der Waals surface area (Å²) in [6, 6.07) is -0.781. The molecule has 1 aliphatic heterocycles. The van der Waals surface area contributed by atoms with Gasteiger partial charge in [0.2, 0.25) is 0 Å². The van der Waals surface area contributed by atoms with E-state index in [2.05, 4.69) is 15.5 Å². The van der Waals surface area contributed by atoms with Crippen LogP contribution >= 0.6 is 0 Å². The van der Waals surface area contributed by atoms with Crippen molar-refractivity contribution in [1.29, 1.82) is 0 Å². The lowest BCUT2D eigenvalue weighted by Gasteiger charge is -2.26. The largest absolute Gasteiger partial charge is 0.458 e. The standard InChI is InChI=1S/C15H27N3O4/c1-13(2,3)21-11(19)10(8-9-15(7)17-18-15)16-12(20)22-14(4,5)6/h10H,8-9H2,1-7H3,(H,16,20). The first-order valence-corrected chi connectivity index (χ1v) is 7.46. The van der Waals surface area contributed by atoms with E-state index in [0.717, 1.165) is 0 Å². The van der Waals surface area contributed by atoms with Gasteiger partial charge in [-0.1, -0.05) is 0 Å². The van der Waals surface area contributed by atoms with Crippen LogP contribution in [0.25, 0.3) is 0 Å². The zero-order valence-corrected chi connectivity index (χ0v) is 14.5. The second-order valence-electron chi connectivity index (χ2n) is 7.69. The van der Waals surface area contributed by atoms with E-state index in [4.69, 9.17) is 9.47 Å². The van der Waals surface area contributed by atoms with E-state index < -0.39 is 35.0 Å². The number of alkyl carbamates (subject to hydrolysis) is 1. The maximum absolute atomic E-state index is 12.2. The second kappa shape index (κ2) is 6.22. The third-order valence-electron chi connectivity index (χ3n) is 2.73. The number of rotatable bonds is 5. The molecule has 0 saturated heterocycles. The van der Waals surface area contributed by atoms with Gasteiger partial charge in [-0.3, -0.25) is 0 Å². The van der Waals surface area contributed by atoms with Crippen LogP contribution in [0.3, 0.4) is 0 Å². The summed E-state index contributed by atoms with van der Waals surface area (Å²) in [5.74, 6) is -0.484. The highest BCUT2D eigenvalue weighted by molar-refractivity contribution is 5.81. The lowest BCUT2D eigenvalue weighted by Crippen LogP contribution is -2.46. The molecule has 1 heterocycles. The molecule has 22 heavy (non-hydrogen) atoms. The lowest BCUT2D eigenvalue weighted by molar-refractivity contribution is -0.157. The number of carbonyl (C=O) groups is 2. The smallest absolute Gasteiger partial charge is 0.408 e. The fourth-order valence-electron chi connectivity index (χ4n) is 1.67. The van der Waals surface area contributed by atoms with Crippen molar-refractivity contribution in [3.05, 3.63) is 0 Å². The van der Waals surface area contributed by atoms with Crippen LogP contribution in [0.2, 0.25) is 0 Å². The third-order valence-corrected chi connectivity index (χ3v) is 2.73. The fourth-order valence-corrected chi connectivity index (χ4v) is 1.67. The van der Waals surface area contributed by atoms with Crippen molar-refractivity contribution in [3.63, 3.8) is 0 Å². The van der Waals surface area contributed by atoms with Crippen molar-refractivity contribution < 1.29 is 19.1 Å². The van der Waals surface area contributed by atoms with Gasteiger partial charge in [0.25, 0.3) is 0 Å². The van der Waals surface area contributed by atoms with Crippen LogP contribution in [0, 0.1) is 0 Å². The predicted molar refractivity (Wildman–Crippen MR) is 81.5 cm³/mol. The first kappa shape index (κ1) is 18.4. The van der Waals surface area contributed by atoms with E-state index >= 15 is 0 Å². The molecule has 0 aromatic heterocycles. The minimum absolute atomic E-state index is 0.387. The Labute approximate surface area is 131 Å². The molecule has 7 heteroatoms. The average Bonchev–Trinajstić information content (AvgIpc) is 2.98. The first-order chi connectivity index (χ1) is 9.80. The molecule has 0 saturated carbocycles. The Hall–Kier alpha value is -1.66. The van der Waals surface area contributed by atoms with Gasteiger partial charge < -0.3 is 14.8 Å².